The minimum absolute atomic E-state index is 0.142. The summed E-state index contributed by atoms with van der Waals surface area (Å²) in [7, 11) is 3.02. The maximum absolute atomic E-state index is 12.2. The third-order valence-electron chi connectivity index (χ3n) is 4.08. The van der Waals surface area contributed by atoms with Gasteiger partial charge in [-0.3, -0.25) is 9.59 Å². The second-order valence-electron chi connectivity index (χ2n) is 6.15. The first-order valence-electron chi connectivity index (χ1n) is 8.65. The van der Waals surface area contributed by atoms with Crippen molar-refractivity contribution >= 4 is 17.5 Å². The van der Waals surface area contributed by atoms with Crippen LogP contribution in [0.2, 0.25) is 0 Å². The molecule has 2 aromatic carbocycles. The molecule has 0 spiro atoms. The van der Waals surface area contributed by atoms with Crippen molar-refractivity contribution in [3.8, 4) is 17.2 Å². The van der Waals surface area contributed by atoms with Crippen LogP contribution in [0.15, 0.2) is 42.5 Å². The van der Waals surface area contributed by atoms with Crippen LogP contribution in [0, 0.1) is 0 Å². The molecule has 27 heavy (non-hydrogen) atoms. The minimum Gasteiger partial charge on any atom is -0.495 e. The lowest BCUT2D eigenvalue weighted by molar-refractivity contribution is -0.118. The fraction of sp³-hybridized carbons (Fsp3) is 0.300. The van der Waals surface area contributed by atoms with Crippen LogP contribution in [0.3, 0.4) is 0 Å². The molecule has 0 heterocycles. The fourth-order valence-electron chi connectivity index (χ4n) is 2.50. The highest BCUT2D eigenvalue weighted by Gasteiger charge is 2.24. The van der Waals surface area contributed by atoms with E-state index in [1.54, 1.807) is 36.4 Å². The van der Waals surface area contributed by atoms with Crippen molar-refractivity contribution < 1.29 is 23.8 Å². The highest BCUT2D eigenvalue weighted by Crippen LogP contribution is 2.29. The molecule has 1 aliphatic carbocycles. The van der Waals surface area contributed by atoms with E-state index in [0.717, 1.165) is 12.8 Å². The summed E-state index contributed by atoms with van der Waals surface area (Å²) in [5.74, 6) is 0.863. The standard InChI is InChI=1S/C20H22N2O5/c1-25-16-6-4-3-5-15(16)22-19(23)12-27-17-10-7-13(11-18(17)26-2)20(24)21-14-8-9-14/h3-7,10-11,14H,8-9,12H2,1-2H3,(H,21,24)(H,22,23). The Balaban J connectivity index is 1.61. The van der Waals surface area contributed by atoms with Gasteiger partial charge in [0.25, 0.3) is 11.8 Å². The molecule has 1 saturated carbocycles. The Morgan fingerprint density at radius 3 is 2.44 bits per heavy atom. The smallest absolute Gasteiger partial charge is 0.262 e. The quantitative estimate of drug-likeness (QED) is 0.746. The first kappa shape index (κ1) is 18.6. The monoisotopic (exact) mass is 370 g/mol. The number of para-hydroxylation sites is 2. The number of nitrogens with one attached hydrogen (secondary N) is 2. The number of methoxy groups -OCH3 is 2. The summed E-state index contributed by atoms with van der Waals surface area (Å²) in [4.78, 5) is 24.3. The Kier molecular flexibility index (Phi) is 5.80. The molecule has 2 aromatic rings. The van der Waals surface area contributed by atoms with Crippen LogP contribution < -0.4 is 24.8 Å². The molecule has 2 N–H and O–H groups in total. The van der Waals surface area contributed by atoms with Crippen molar-refractivity contribution in [3.05, 3.63) is 48.0 Å². The number of carbonyl (C=O) groups is 2. The largest absolute Gasteiger partial charge is 0.495 e. The fourth-order valence-corrected chi connectivity index (χ4v) is 2.50. The first-order valence-corrected chi connectivity index (χ1v) is 8.65. The van der Waals surface area contributed by atoms with E-state index in [4.69, 9.17) is 14.2 Å². The average Bonchev–Trinajstić information content (AvgIpc) is 3.50. The van der Waals surface area contributed by atoms with Crippen molar-refractivity contribution in [1.29, 1.82) is 0 Å². The van der Waals surface area contributed by atoms with Gasteiger partial charge < -0.3 is 24.8 Å². The van der Waals surface area contributed by atoms with Crippen molar-refractivity contribution in [1.82, 2.24) is 5.32 Å². The summed E-state index contributed by atoms with van der Waals surface area (Å²) in [6.45, 7) is -0.206. The normalized spacial score (nSPS) is 12.8. The van der Waals surface area contributed by atoms with Crippen molar-refractivity contribution in [3.63, 3.8) is 0 Å². The molecule has 0 unspecified atom stereocenters. The summed E-state index contributed by atoms with van der Waals surface area (Å²) in [6.07, 6.45) is 2.04. The molecule has 0 saturated heterocycles. The maximum atomic E-state index is 12.2. The number of carbonyl (C=O) groups excluding carboxylic acids is 2. The van der Waals surface area contributed by atoms with Gasteiger partial charge in [-0.15, -0.1) is 0 Å². The average molecular weight is 370 g/mol. The molecule has 7 heteroatoms. The maximum Gasteiger partial charge on any atom is 0.262 e. The highest BCUT2D eigenvalue weighted by atomic mass is 16.5. The zero-order chi connectivity index (χ0) is 19.2. The first-order chi connectivity index (χ1) is 13.1. The summed E-state index contributed by atoms with van der Waals surface area (Å²) >= 11 is 0. The molecule has 0 atom stereocenters. The summed E-state index contributed by atoms with van der Waals surface area (Å²) in [5, 5.41) is 5.65. The molecule has 2 amide bonds. The number of anilines is 1. The van der Waals surface area contributed by atoms with Crippen molar-refractivity contribution in [2.45, 2.75) is 18.9 Å². The lowest BCUT2D eigenvalue weighted by Gasteiger charge is -2.13. The lowest BCUT2D eigenvalue weighted by Crippen LogP contribution is -2.25. The highest BCUT2D eigenvalue weighted by molar-refractivity contribution is 5.95. The van der Waals surface area contributed by atoms with Gasteiger partial charge in [-0.25, -0.2) is 0 Å². The zero-order valence-electron chi connectivity index (χ0n) is 15.3. The van der Waals surface area contributed by atoms with Crippen LogP contribution in [0.5, 0.6) is 17.2 Å². The predicted molar refractivity (Wildman–Crippen MR) is 101 cm³/mol. The summed E-state index contributed by atoms with van der Waals surface area (Å²) < 4.78 is 16.0. The van der Waals surface area contributed by atoms with E-state index >= 15 is 0 Å². The second kappa shape index (κ2) is 8.44. The van der Waals surface area contributed by atoms with Gasteiger partial charge in [0.2, 0.25) is 0 Å². The molecular formula is C20H22N2O5. The topological polar surface area (TPSA) is 85.9 Å². The number of hydrogen-bond acceptors (Lipinski definition) is 5. The number of hydrogen-bond donors (Lipinski definition) is 2. The molecule has 0 aliphatic heterocycles. The molecule has 0 radical (unpaired) electrons. The van der Waals surface area contributed by atoms with Gasteiger partial charge in [0.1, 0.15) is 5.75 Å². The Morgan fingerprint density at radius 2 is 1.74 bits per heavy atom. The van der Waals surface area contributed by atoms with Gasteiger partial charge in [0.05, 0.1) is 19.9 Å². The molecule has 3 rings (SSSR count). The Labute approximate surface area is 157 Å². The Morgan fingerprint density at radius 1 is 1.00 bits per heavy atom. The van der Waals surface area contributed by atoms with Gasteiger partial charge in [0.15, 0.2) is 18.1 Å². The molecule has 142 valence electrons. The molecule has 1 aliphatic rings. The SMILES string of the molecule is COc1ccccc1NC(=O)COc1ccc(C(=O)NC2CC2)cc1OC. The lowest BCUT2D eigenvalue weighted by atomic mass is 10.2. The van der Waals surface area contributed by atoms with Crippen LogP contribution in [0.4, 0.5) is 5.69 Å². The van der Waals surface area contributed by atoms with E-state index < -0.39 is 0 Å². The van der Waals surface area contributed by atoms with Gasteiger partial charge in [-0.2, -0.15) is 0 Å². The van der Waals surface area contributed by atoms with E-state index in [9.17, 15) is 9.59 Å². The third-order valence-corrected chi connectivity index (χ3v) is 4.08. The number of ether oxygens (including phenoxy) is 3. The van der Waals surface area contributed by atoms with Crippen molar-refractivity contribution in [2.75, 3.05) is 26.1 Å². The molecular weight excluding hydrogens is 348 g/mol. The Hall–Kier alpha value is -3.22. The summed E-state index contributed by atoms with van der Waals surface area (Å²) in [5.41, 5.74) is 1.05. The van der Waals surface area contributed by atoms with E-state index in [2.05, 4.69) is 10.6 Å². The van der Waals surface area contributed by atoms with E-state index in [1.807, 2.05) is 6.07 Å². The predicted octanol–water partition coefficient (Wildman–Crippen LogP) is 2.61. The van der Waals surface area contributed by atoms with Gasteiger partial charge in [-0.1, -0.05) is 12.1 Å². The van der Waals surface area contributed by atoms with E-state index in [0.29, 0.717) is 28.5 Å². The molecule has 0 bridgehead atoms. The second-order valence-corrected chi connectivity index (χ2v) is 6.15. The van der Waals surface area contributed by atoms with Crippen LogP contribution in [0.25, 0.3) is 0 Å². The van der Waals surface area contributed by atoms with Crippen LogP contribution in [-0.2, 0) is 4.79 Å². The number of rotatable bonds is 8. The summed E-state index contributed by atoms with van der Waals surface area (Å²) in [6, 6.07) is 12.3. The minimum atomic E-state index is -0.336. The van der Waals surface area contributed by atoms with Crippen LogP contribution >= 0.6 is 0 Å². The molecule has 1 fully saturated rings. The van der Waals surface area contributed by atoms with Crippen LogP contribution in [0.1, 0.15) is 23.2 Å². The zero-order valence-corrected chi connectivity index (χ0v) is 15.3. The van der Waals surface area contributed by atoms with E-state index in [-0.39, 0.29) is 24.5 Å². The Bertz CT molecular complexity index is 833. The van der Waals surface area contributed by atoms with Gasteiger partial charge in [0, 0.05) is 11.6 Å². The third kappa shape index (κ3) is 4.91. The number of amides is 2. The molecule has 0 aromatic heterocycles. The van der Waals surface area contributed by atoms with Crippen molar-refractivity contribution in [2.24, 2.45) is 0 Å². The van der Waals surface area contributed by atoms with Gasteiger partial charge in [-0.05, 0) is 43.2 Å². The number of benzene rings is 2. The molecule has 7 nitrogen and oxygen atoms in total. The van der Waals surface area contributed by atoms with Crippen LogP contribution in [-0.4, -0.2) is 38.7 Å². The van der Waals surface area contributed by atoms with E-state index in [1.165, 1.54) is 14.2 Å². The van der Waals surface area contributed by atoms with Gasteiger partial charge >= 0.3 is 0 Å².